The number of benzene rings is 1. The molecule has 110 valence electrons. The summed E-state index contributed by atoms with van der Waals surface area (Å²) in [6.07, 6.45) is 0.154. The van der Waals surface area contributed by atoms with Crippen LogP contribution in [-0.2, 0) is 16.0 Å². The Balaban J connectivity index is 2.69. The Morgan fingerprint density at radius 1 is 1.25 bits per heavy atom. The largest absolute Gasteiger partial charge is 0.480 e. The lowest BCUT2D eigenvalue weighted by atomic mass is 10.1. The summed E-state index contributed by atoms with van der Waals surface area (Å²) in [5, 5.41) is 9.44. The van der Waals surface area contributed by atoms with Gasteiger partial charge in [0, 0.05) is 18.1 Å². The average molecular weight is 299 g/mol. The SMILES string of the molecule is CN(C)CCN(CC(=O)O)C(=O)Cc1cccc(Cl)c1. The van der Waals surface area contributed by atoms with E-state index in [9.17, 15) is 9.59 Å². The molecule has 0 aliphatic carbocycles. The number of halogens is 1. The van der Waals surface area contributed by atoms with Crippen LogP contribution in [0.1, 0.15) is 5.56 Å². The van der Waals surface area contributed by atoms with Gasteiger partial charge in [-0.25, -0.2) is 0 Å². The number of carbonyl (C=O) groups is 2. The van der Waals surface area contributed by atoms with Gasteiger partial charge in [0.1, 0.15) is 6.54 Å². The molecule has 0 aromatic heterocycles. The first kappa shape index (κ1) is 16.5. The number of rotatable bonds is 7. The van der Waals surface area contributed by atoms with Gasteiger partial charge in [-0.1, -0.05) is 23.7 Å². The van der Waals surface area contributed by atoms with Gasteiger partial charge in [-0.3, -0.25) is 9.59 Å². The third kappa shape index (κ3) is 6.04. The van der Waals surface area contributed by atoms with E-state index in [4.69, 9.17) is 16.7 Å². The van der Waals surface area contributed by atoms with Crippen LogP contribution in [0.3, 0.4) is 0 Å². The molecule has 1 rings (SSSR count). The molecule has 0 spiro atoms. The van der Waals surface area contributed by atoms with Gasteiger partial charge >= 0.3 is 5.97 Å². The van der Waals surface area contributed by atoms with Crippen molar-refractivity contribution in [3.05, 3.63) is 34.9 Å². The van der Waals surface area contributed by atoms with Crippen LogP contribution in [-0.4, -0.2) is 60.5 Å². The Hall–Kier alpha value is -1.59. The molecule has 0 saturated heterocycles. The highest BCUT2D eigenvalue weighted by Gasteiger charge is 2.17. The standard InChI is InChI=1S/C14H19ClN2O3/c1-16(2)6-7-17(10-14(19)20)13(18)9-11-4-3-5-12(15)8-11/h3-5,8H,6-7,9-10H2,1-2H3,(H,19,20). The summed E-state index contributed by atoms with van der Waals surface area (Å²) in [5.74, 6) is -1.22. The van der Waals surface area contributed by atoms with Crippen molar-refractivity contribution in [2.24, 2.45) is 0 Å². The van der Waals surface area contributed by atoms with E-state index in [1.54, 1.807) is 24.3 Å². The number of nitrogens with zero attached hydrogens (tertiary/aromatic N) is 2. The summed E-state index contributed by atoms with van der Waals surface area (Å²) < 4.78 is 0. The third-order valence-corrected chi connectivity index (χ3v) is 2.98. The number of carboxylic acids is 1. The van der Waals surface area contributed by atoms with Crippen molar-refractivity contribution in [2.45, 2.75) is 6.42 Å². The van der Waals surface area contributed by atoms with Crippen molar-refractivity contribution < 1.29 is 14.7 Å². The van der Waals surface area contributed by atoms with E-state index in [1.807, 2.05) is 19.0 Å². The molecular weight excluding hydrogens is 280 g/mol. The van der Waals surface area contributed by atoms with Crippen LogP contribution in [0.15, 0.2) is 24.3 Å². The lowest BCUT2D eigenvalue weighted by molar-refractivity contribution is -0.144. The van der Waals surface area contributed by atoms with E-state index in [1.165, 1.54) is 4.90 Å². The maximum Gasteiger partial charge on any atom is 0.323 e. The number of hydrogen-bond acceptors (Lipinski definition) is 3. The highest BCUT2D eigenvalue weighted by atomic mass is 35.5. The highest BCUT2D eigenvalue weighted by molar-refractivity contribution is 6.30. The molecule has 1 aromatic carbocycles. The van der Waals surface area contributed by atoms with Gasteiger partial charge < -0.3 is 14.9 Å². The molecule has 0 saturated carbocycles. The van der Waals surface area contributed by atoms with Gasteiger partial charge in [-0.05, 0) is 31.8 Å². The maximum atomic E-state index is 12.2. The number of aliphatic carboxylic acids is 1. The van der Waals surface area contributed by atoms with Crippen molar-refractivity contribution >= 4 is 23.5 Å². The fourth-order valence-electron chi connectivity index (χ4n) is 1.71. The summed E-state index contributed by atoms with van der Waals surface area (Å²) in [4.78, 5) is 26.3. The minimum Gasteiger partial charge on any atom is -0.480 e. The Morgan fingerprint density at radius 3 is 2.50 bits per heavy atom. The molecule has 6 heteroatoms. The minimum absolute atomic E-state index is 0.154. The Kier molecular flexibility index (Phi) is 6.48. The number of carboxylic acid groups (broad SMARTS) is 1. The van der Waals surface area contributed by atoms with Crippen LogP contribution in [0, 0.1) is 0 Å². The molecule has 0 atom stereocenters. The average Bonchev–Trinajstić information content (AvgIpc) is 2.33. The zero-order valence-electron chi connectivity index (χ0n) is 11.7. The van der Waals surface area contributed by atoms with Crippen molar-refractivity contribution in [1.82, 2.24) is 9.80 Å². The van der Waals surface area contributed by atoms with E-state index in [0.717, 1.165) is 5.56 Å². The molecule has 0 fully saturated rings. The second-order valence-electron chi connectivity index (χ2n) is 4.82. The summed E-state index contributed by atoms with van der Waals surface area (Å²) >= 11 is 5.87. The molecule has 0 heterocycles. The molecule has 0 bridgehead atoms. The molecule has 5 nitrogen and oxygen atoms in total. The van der Waals surface area contributed by atoms with E-state index >= 15 is 0 Å². The molecule has 0 radical (unpaired) electrons. The maximum absolute atomic E-state index is 12.2. The Bertz CT molecular complexity index is 477. The first-order chi connectivity index (χ1) is 9.38. The first-order valence-corrected chi connectivity index (χ1v) is 6.65. The van der Waals surface area contributed by atoms with E-state index in [2.05, 4.69) is 0 Å². The van der Waals surface area contributed by atoms with Gasteiger partial charge in [0.25, 0.3) is 0 Å². The summed E-state index contributed by atoms with van der Waals surface area (Å²) in [6.45, 7) is 0.723. The predicted molar refractivity (Wildman–Crippen MR) is 77.9 cm³/mol. The van der Waals surface area contributed by atoms with Crippen LogP contribution in [0.5, 0.6) is 0 Å². The Labute approximate surface area is 123 Å². The summed E-state index contributed by atoms with van der Waals surface area (Å²) in [5.41, 5.74) is 0.780. The molecule has 0 unspecified atom stereocenters. The van der Waals surface area contributed by atoms with Gasteiger partial charge in [-0.2, -0.15) is 0 Å². The van der Waals surface area contributed by atoms with Crippen LogP contribution >= 0.6 is 11.6 Å². The van der Waals surface area contributed by atoms with Crippen LogP contribution in [0.2, 0.25) is 5.02 Å². The molecule has 0 aliphatic heterocycles. The molecule has 0 aliphatic rings. The van der Waals surface area contributed by atoms with Crippen LogP contribution in [0.25, 0.3) is 0 Å². The van der Waals surface area contributed by atoms with Crippen molar-refractivity contribution in [3.63, 3.8) is 0 Å². The predicted octanol–water partition coefficient (Wildman–Crippen LogP) is 1.36. The van der Waals surface area contributed by atoms with Gasteiger partial charge in [0.2, 0.25) is 5.91 Å². The number of carbonyl (C=O) groups excluding carboxylic acids is 1. The van der Waals surface area contributed by atoms with Gasteiger partial charge in [0.05, 0.1) is 6.42 Å². The molecule has 1 aromatic rings. The third-order valence-electron chi connectivity index (χ3n) is 2.74. The van der Waals surface area contributed by atoms with Crippen LogP contribution < -0.4 is 0 Å². The quantitative estimate of drug-likeness (QED) is 0.825. The lowest BCUT2D eigenvalue weighted by Gasteiger charge is -2.22. The van der Waals surface area contributed by atoms with Gasteiger partial charge in [0.15, 0.2) is 0 Å². The number of likely N-dealkylation sites (N-methyl/N-ethyl adjacent to an activating group) is 1. The van der Waals surface area contributed by atoms with Crippen molar-refractivity contribution in [3.8, 4) is 0 Å². The van der Waals surface area contributed by atoms with Gasteiger partial charge in [-0.15, -0.1) is 0 Å². The monoisotopic (exact) mass is 298 g/mol. The molecule has 1 amide bonds. The zero-order chi connectivity index (χ0) is 15.1. The lowest BCUT2D eigenvalue weighted by Crippen LogP contribution is -2.40. The minimum atomic E-state index is -1.01. The second-order valence-corrected chi connectivity index (χ2v) is 5.26. The normalized spacial score (nSPS) is 10.6. The van der Waals surface area contributed by atoms with Crippen LogP contribution in [0.4, 0.5) is 0 Å². The summed E-state index contributed by atoms with van der Waals surface area (Å²) in [7, 11) is 3.75. The fraction of sp³-hybridized carbons (Fsp3) is 0.429. The topological polar surface area (TPSA) is 60.9 Å². The smallest absolute Gasteiger partial charge is 0.323 e. The van der Waals surface area contributed by atoms with E-state index < -0.39 is 5.97 Å². The summed E-state index contributed by atoms with van der Waals surface area (Å²) in [6, 6.07) is 7.02. The molecular formula is C14H19ClN2O3. The van der Waals surface area contributed by atoms with Crippen molar-refractivity contribution in [2.75, 3.05) is 33.7 Å². The molecule has 20 heavy (non-hydrogen) atoms. The first-order valence-electron chi connectivity index (χ1n) is 6.27. The highest BCUT2D eigenvalue weighted by Crippen LogP contribution is 2.12. The van der Waals surface area contributed by atoms with Crippen molar-refractivity contribution in [1.29, 1.82) is 0 Å². The molecule has 1 N–H and O–H groups in total. The second kappa shape index (κ2) is 7.87. The number of amides is 1. The number of hydrogen-bond donors (Lipinski definition) is 1. The van der Waals surface area contributed by atoms with E-state index in [-0.39, 0.29) is 18.9 Å². The fourth-order valence-corrected chi connectivity index (χ4v) is 1.92. The van der Waals surface area contributed by atoms with E-state index in [0.29, 0.717) is 18.1 Å². The Morgan fingerprint density at radius 2 is 1.95 bits per heavy atom. The zero-order valence-corrected chi connectivity index (χ0v) is 12.4.